The van der Waals surface area contributed by atoms with Crippen LogP contribution in [0.15, 0.2) is 77.7 Å². The summed E-state index contributed by atoms with van der Waals surface area (Å²) in [4.78, 5) is 12.6. The molecule has 0 unspecified atom stereocenters. The van der Waals surface area contributed by atoms with E-state index in [-0.39, 0.29) is 10.8 Å². The SMILES string of the molecule is Cc1ccc(NS(=O)(=O)c2cc(C(=O)NCc3ccccc3)ccc2C)cc1. The van der Waals surface area contributed by atoms with E-state index in [1.807, 2.05) is 49.4 Å². The molecule has 0 aromatic heterocycles. The van der Waals surface area contributed by atoms with Crippen molar-refractivity contribution >= 4 is 21.6 Å². The van der Waals surface area contributed by atoms with Crippen LogP contribution in [0.3, 0.4) is 0 Å². The molecule has 6 heteroatoms. The lowest BCUT2D eigenvalue weighted by Gasteiger charge is -2.12. The largest absolute Gasteiger partial charge is 0.348 e. The van der Waals surface area contributed by atoms with Gasteiger partial charge in [-0.1, -0.05) is 54.1 Å². The summed E-state index contributed by atoms with van der Waals surface area (Å²) in [6, 6.07) is 21.3. The number of carbonyl (C=O) groups is 1. The Bertz CT molecular complexity index is 1080. The van der Waals surface area contributed by atoms with Crippen LogP contribution in [0.5, 0.6) is 0 Å². The molecule has 0 aliphatic heterocycles. The molecule has 0 saturated carbocycles. The van der Waals surface area contributed by atoms with Crippen molar-refractivity contribution in [3.63, 3.8) is 0 Å². The van der Waals surface area contributed by atoms with Crippen molar-refractivity contribution in [2.75, 3.05) is 4.72 Å². The number of hydrogen-bond acceptors (Lipinski definition) is 3. The average molecular weight is 394 g/mol. The Balaban J connectivity index is 1.80. The van der Waals surface area contributed by atoms with E-state index in [1.165, 1.54) is 6.07 Å². The van der Waals surface area contributed by atoms with Crippen LogP contribution >= 0.6 is 0 Å². The van der Waals surface area contributed by atoms with Gasteiger partial charge in [0.1, 0.15) is 0 Å². The zero-order chi connectivity index (χ0) is 20.1. The predicted octanol–water partition coefficient (Wildman–Crippen LogP) is 4.03. The molecule has 0 saturated heterocycles. The first kappa shape index (κ1) is 19.6. The van der Waals surface area contributed by atoms with Crippen LogP contribution in [0.4, 0.5) is 5.69 Å². The highest BCUT2D eigenvalue weighted by Crippen LogP contribution is 2.21. The highest BCUT2D eigenvalue weighted by molar-refractivity contribution is 7.92. The third-order valence-electron chi connectivity index (χ3n) is 4.34. The normalized spacial score (nSPS) is 11.1. The van der Waals surface area contributed by atoms with Gasteiger partial charge in [0.05, 0.1) is 4.90 Å². The van der Waals surface area contributed by atoms with Gasteiger partial charge in [-0.05, 0) is 49.2 Å². The summed E-state index contributed by atoms with van der Waals surface area (Å²) in [7, 11) is -3.81. The number of sulfonamides is 1. The number of hydrogen-bond donors (Lipinski definition) is 2. The monoisotopic (exact) mass is 394 g/mol. The molecular formula is C22H22N2O3S. The maximum Gasteiger partial charge on any atom is 0.262 e. The average Bonchev–Trinajstić information content (AvgIpc) is 2.69. The maximum absolute atomic E-state index is 12.8. The van der Waals surface area contributed by atoms with E-state index in [9.17, 15) is 13.2 Å². The summed E-state index contributed by atoms with van der Waals surface area (Å²) in [6.45, 7) is 4.01. The first-order valence-corrected chi connectivity index (χ1v) is 10.4. The summed E-state index contributed by atoms with van der Waals surface area (Å²) in [5.74, 6) is -0.323. The van der Waals surface area contributed by atoms with Crippen molar-refractivity contribution in [3.8, 4) is 0 Å². The van der Waals surface area contributed by atoms with Crippen LogP contribution in [0.2, 0.25) is 0 Å². The van der Waals surface area contributed by atoms with Gasteiger partial charge < -0.3 is 5.32 Å². The second-order valence-electron chi connectivity index (χ2n) is 6.62. The lowest BCUT2D eigenvalue weighted by molar-refractivity contribution is 0.0950. The quantitative estimate of drug-likeness (QED) is 0.663. The Morgan fingerprint density at radius 2 is 1.57 bits per heavy atom. The number of benzene rings is 3. The molecule has 3 aromatic carbocycles. The predicted molar refractivity (Wildman–Crippen MR) is 111 cm³/mol. The van der Waals surface area contributed by atoms with Gasteiger partial charge in [0, 0.05) is 17.8 Å². The minimum atomic E-state index is -3.81. The van der Waals surface area contributed by atoms with Gasteiger partial charge >= 0.3 is 0 Å². The van der Waals surface area contributed by atoms with Gasteiger partial charge in [-0.2, -0.15) is 0 Å². The Labute approximate surface area is 165 Å². The number of aryl methyl sites for hydroxylation is 2. The first-order valence-electron chi connectivity index (χ1n) is 8.87. The van der Waals surface area contributed by atoms with Gasteiger partial charge in [0.25, 0.3) is 15.9 Å². The van der Waals surface area contributed by atoms with Crippen LogP contribution in [-0.4, -0.2) is 14.3 Å². The van der Waals surface area contributed by atoms with E-state index in [1.54, 1.807) is 31.2 Å². The van der Waals surface area contributed by atoms with E-state index in [0.29, 0.717) is 23.4 Å². The van der Waals surface area contributed by atoms with E-state index in [2.05, 4.69) is 10.0 Å². The molecule has 2 N–H and O–H groups in total. The lowest BCUT2D eigenvalue weighted by atomic mass is 10.1. The molecule has 28 heavy (non-hydrogen) atoms. The van der Waals surface area contributed by atoms with Gasteiger partial charge in [-0.15, -0.1) is 0 Å². The minimum absolute atomic E-state index is 0.0837. The molecule has 5 nitrogen and oxygen atoms in total. The number of anilines is 1. The van der Waals surface area contributed by atoms with E-state index in [0.717, 1.165) is 11.1 Å². The number of carbonyl (C=O) groups excluding carboxylic acids is 1. The van der Waals surface area contributed by atoms with Crippen molar-refractivity contribution in [1.29, 1.82) is 0 Å². The summed E-state index contributed by atoms with van der Waals surface area (Å²) in [5.41, 5.74) is 3.35. The Morgan fingerprint density at radius 3 is 2.25 bits per heavy atom. The van der Waals surface area contributed by atoms with Crippen molar-refractivity contribution in [1.82, 2.24) is 5.32 Å². The van der Waals surface area contributed by atoms with Crippen LogP contribution in [-0.2, 0) is 16.6 Å². The number of nitrogens with one attached hydrogen (secondary N) is 2. The molecule has 0 fully saturated rings. The third kappa shape index (κ3) is 4.78. The topological polar surface area (TPSA) is 75.3 Å². The van der Waals surface area contributed by atoms with Crippen molar-refractivity contribution < 1.29 is 13.2 Å². The maximum atomic E-state index is 12.8. The fourth-order valence-electron chi connectivity index (χ4n) is 2.74. The van der Waals surface area contributed by atoms with Crippen molar-refractivity contribution in [3.05, 3.63) is 95.1 Å². The van der Waals surface area contributed by atoms with Crippen molar-refractivity contribution in [2.45, 2.75) is 25.3 Å². The molecule has 3 rings (SSSR count). The highest BCUT2D eigenvalue weighted by Gasteiger charge is 2.19. The van der Waals surface area contributed by atoms with Crippen molar-refractivity contribution in [2.24, 2.45) is 0 Å². The first-order chi connectivity index (χ1) is 13.3. The third-order valence-corrected chi connectivity index (χ3v) is 5.86. The standard InChI is InChI=1S/C22H22N2O3S/c1-16-8-12-20(13-9-16)24-28(26,27)21-14-19(11-10-17(21)2)22(25)23-15-18-6-4-3-5-7-18/h3-14,24H,15H2,1-2H3,(H,23,25). The molecule has 0 atom stereocenters. The van der Waals surface area contributed by atoms with Crippen LogP contribution < -0.4 is 10.0 Å². The molecular weight excluding hydrogens is 372 g/mol. The zero-order valence-corrected chi connectivity index (χ0v) is 16.6. The zero-order valence-electron chi connectivity index (χ0n) is 15.8. The smallest absolute Gasteiger partial charge is 0.262 e. The molecule has 0 radical (unpaired) electrons. The van der Waals surface area contributed by atoms with E-state index >= 15 is 0 Å². The summed E-state index contributed by atoms with van der Waals surface area (Å²) < 4.78 is 28.2. The van der Waals surface area contributed by atoms with Crippen LogP contribution in [0, 0.1) is 13.8 Å². The molecule has 0 heterocycles. The Morgan fingerprint density at radius 1 is 0.893 bits per heavy atom. The van der Waals surface area contributed by atoms with Gasteiger partial charge in [-0.25, -0.2) is 8.42 Å². The van der Waals surface area contributed by atoms with Crippen LogP contribution in [0.25, 0.3) is 0 Å². The number of amides is 1. The van der Waals surface area contributed by atoms with Crippen LogP contribution in [0.1, 0.15) is 27.0 Å². The van der Waals surface area contributed by atoms with Gasteiger partial charge in [0.2, 0.25) is 0 Å². The Kier molecular flexibility index (Phi) is 5.80. The highest BCUT2D eigenvalue weighted by atomic mass is 32.2. The summed E-state index contributed by atoms with van der Waals surface area (Å²) in [6.07, 6.45) is 0. The molecule has 3 aromatic rings. The van der Waals surface area contributed by atoms with Gasteiger partial charge in [0.15, 0.2) is 0 Å². The fourth-order valence-corrected chi connectivity index (χ4v) is 4.07. The van der Waals surface area contributed by atoms with Gasteiger partial charge in [-0.3, -0.25) is 9.52 Å². The molecule has 0 bridgehead atoms. The molecule has 0 spiro atoms. The second-order valence-corrected chi connectivity index (χ2v) is 8.27. The minimum Gasteiger partial charge on any atom is -0.348 e. The molecule has 144 valence electrons. The molecule has 0 aliphatic rings. The molecule has 1 amide bonds. The molecule has 0 aliphatic carbocycles. The number of rotatable bonds is 6. The fraction of sp³-hybridized carbons (Fsp3) is 0.136. The van der Waals surface area contributed by atoms with E-state index < -0.39 is 10.0 Å². The van der Waals surface area contributed by atoms with E-state index in [4.69, 9.17) is 0 Å². The summed E-state index contributed by atoms with van der Waals surface area (Å²) in [5, 5.41) is 2.82. The second kappa shape index (κ2) is 8.27. The lowest BCUT2D eigenvalue weighted by Crippen LogP contribution is -2.23. The Hall–Kier alpha value is -3.12. The summed E-state index contributed by atoms with van der Waals surface area (Å²) >= 11 is 0.